The van der Waals surface area contributed by atoms with Gasteiger partial charge < -0.3 is 10.4 Å². The third-order valence-corrected chi connectivity index (χ3v) is 4.53. The summed E-state index contributed by atoms with van der Waals surface area (Å²) in [6.07, 6.45) is 0.421. The SMILES string of the molecule is CC(=O)c1ccc(C(=O)NC2(C(=O)O)CCSC2)cc1. The summed E-state index contributed by atoms with van der Waals surface area (Å²) in [5.41, 5.74) is -0.306. The molecule has 1 aromatic carbocycles. The van der Waals surface area contributed by atoms with E-state index in [1.807, 2.05) is 0 Å². The summed E-state index contributed by atoms with van der Waals surface area (Å²) in [6, 6.07) is 6.19. The number of benzene rings is 1. The fourth-order valence-corrected chi connectivity index (χ4v) is 3.36. The van der Waals surface area contributed by atoms with Gasteiger partial charge in [-0.1, -0.05) is 12.1 Å². The van der Waals surface area contributed by atoms with Crippen LogP contribution in [-0.2, 0) is 4.79 Å². The summed E-state index contributed by atoms with van der Waals surface area (Å²) in [4.78, 5) is 34.6. The largest absolute Gasteiger partial charge is 0.479 e. The van der Waals surface area contributed by atoms with Gasteiger partial charge in [-0.25, -0.2) is 4.79 Å². The van der Waals surface area contributed by atoms with Gasteiger partial charge in [0.2, 0.25) is 0 Å². The number of carboxylic acid groups (broad SMARTS) is 1. The van der Waals surface area contributed by atoms with Crippen molar-refractivity contribution in [2.24, 2.45) is 0 Å². The van der Waals surface area contributed by atoms with Crippen molar-refractivity contribution in [2.45, 2.75) is 18.9 Å². The van der Waals surface area contributed by atoms with Gasteiger partial charge in [0, 0.05) is 16.9 Å². The molecular formula is C14H15NO4S. The van der Waals surface area contributed by atoms with E-state index in [9.17, 15) is 19.5 Å². The highest BCUT2D eigenvalue weighted by molar-refractivity contribution is 7.99. The molecule has 1 saturated heterocycles. The summed E-state index contributed by atoms with van der Waals surface area (Å²) in [5.74, 6) is -0.414. The molecule has 2 N–H and O–H groups in total. The Morgan fingerprint density at radius 3 is 2.25 bits per heavy atom. The molecule has 1 unspecified atom stereocenters. The quantitative estimate of drug-likeness (QED) is 0.823. The van der Waals surface area contributed by atoms with Gasteiger partial charge in [-0.05, 0) is 31.2 Å². The van der Waals surface area contributed by atoms with Gasteiger partial charge in [0.15, 0.2) is 5.78 Å². The van der Waals surface area contributed by atoms with E-state index < -0.39 is 17.4 Å². The van der Waals surface area contributed by atoms with E-state index in [4.69, 9.17) is 0 Å². The van der Waals surface area contributed by atoms with Crippen molar-refractivity contribution in [1.82, 2.24) is 5.32 Å². The molecule has 0 bridgehead atoms. The zero-order valence-electron chi connectivity index (χ0n) is 11.0. The van der Waals surface area contributed by atoms with Gasteiger partial charge >= 0.3 is 5.97 Å². The minimum absolute atomic E-state index is 0.0776. The monoisotopic (exact) mass is 293 g/mol. The van der Waals surface area contributed by atoms with Crippen molar-refractivity contribution in [3.05, 3.63) is 35.4 Å². The minimum atomic E-state index is -1.18. The average Bonchev–Trinajstić information content (AvgIpc) is 2.88. The molecule has 0 radical (unpaired) electrons. The number of nitrogens with one attached hydrogen (secondary N) is 1. The van der Waals surface area contributed by atoms with Gasteiger partial charge in [0.05, 0.1) is 0 Å². The highest BCUT2D eigenvalue weighted by Crippen LogP contribution is 2.28. The topological polar surface area (TPSA) is 83.5 Å². The number of hydrogen-bond donors (Lipinski definition) is 2. The summed E-state index contributed by atoms with van der Waals surface area (Å²) in [6.45, 7) is 1.45. The molecule has 0 aromatic heterocycles. The Hall–Kier alpha value is -1.82. The van der Waals surface area contributed by atoms with Crippen molar-refractivity contribution in [3.8, 4) is 0 Å². The number of carbonyl (C=O) groups excluding carboxylic acids is 2. The zero-order chi connectivity index (χ0) is 14.8. The Balaban J connectivity index is 2.15. The number of ketones is 1. The van der Waals surface area contributed by atoms with E-state index >= 15 is 0 Å². The number of rotatable bonds is 4. The highest BCUT2D eigenvalue weighted by Gasteiger charge is 2.43. The molecule has 1 fully saturated rings. The van der Waals surface area contributed by atoms with E-state index in [1.54, 1.807) is 12.1 Å². The Morgan fingerprint density at radius 1 is 1.20 bits per heavy atom. The van der Waals surface area contributed by atoms with Crippen molar-refractivity contribution < 1.29 is 19.5 Å². The van der Waals surface area contributed by atoms with Crippen LogP contribution in [0.3, 0.4) is 0 Å². The van der Waals surface area contributed by atoms with Crippen molar-refractivity contribution in [3.63, 3.8) is 0 Å². The second-order valence-electron chi connectivity index (χ2n) is 4.78. The van der Waals surface area contributed by atoms with Crippen LogP contribution in [-0.4, -0.2) is 39.8 Å². The Labute approximate surface area is 120 Å². The van der Waals surface area contributed by atoms with Gasteiger partial charge in [-0.15, -0.1) is 0 Å². The summed E-state index contributed by atoms with van der Waals surface area (Å²) in [7, 11) is 0. The summed E-state index contributed by atoms with van der Waals surface area (Å²) < 4.78 is 0. The van der Waals surface area contributed by atoms with E-state index in [0.29, 0.717) is 23.3 Å². The van der Waals surface area contributed by atoms with Gasteiger partial charge in [-0.2, -0.15) is 11.8 Å². The van der Waals surface area contributed by atoms with Crippen LogP contribution in [0.5, 0.6) is 0 Å². The normalized spacial score (nSPS) is 21.4. The lowest BCUT2D eigenvalue weighted by Crippen LogP contribution is -2.54. The molecule has 1 aliphatic rings. The molecule has 106 valence electrons. The van der Waals surface area contributed by atoms with Crippen LogP contribution < -0.4 is 5.32 Å². The molecular weight excluding hydrogens is 278 g/mol. The number of carboxylic acids is 1. The number of carbonyl (C=O) groups is 3. The van der Waals surface area contributed by atoms with Crippen LogP contribution >= 0.6 is 11.8 Å². The molecule has 1 atom stereocenters. The molecule has 1 aliphatic heterocycles. The molecule has 6 heteroatoms. The third kappa shape index (κ3) is 2.85. The highest BCUT2D eigenvalue weighted by atomic mass is 32.2. The minimum Gasteiger partial charge on any atom is -0.479 e. The maximum Gasteiger partial charge on any atom is 0.330 e. The third-order valence-electron chi connectivity index (χ3n) is 3.34. The Morgan fingerprint density at radius 2 is 1.80 bits per heavy atom. The first-order valence-corrected chi connectivity index (χ1v) is 7.35. The number of aliphatic carboxylic acids is 1. The van der Waals surface area contributed by atoms with Crippen LogP contribution in [0.15, 0.2) is 24.3 Å². The van der Waals surface area contributed by atoms with Crippen LogP contribution in [0.1, 0.15) is 34.1 Å². The molecule has 20 heavy (non-hydrogen) atoms. The van der Waals surface area contributed by atoms with Gasteiger partial charge in [0.25, 0.3) is 5.91 Å². The molecule has 1 amide bonds. The molecule has 5 nitrogen and oxygen atoms in total. The zero-order valence-corrected chi connectivity index (χ0v) is 11.8. The second-order valence-corrected chi connectivity index (χ2v) is 5.88. The van der Waals surface area contributed by atoms with Crippen molar-refractivity contribution in [1.29, 1.82) is 0 Å². The molecule has 0 spiro atoms. The first-order valence-electron chi connectivity index (χ1n) is 6.19. The summed E-state index contributed by atoms with van der Waals surface area (Å²) in [5, 5.41) is 11.9. The fourth-order valence-electron chi connectivity index (χ4n) is 2.03. The Bertz CT molecular complexity index is 547. The fraction of sp³-hybridized carbons (Fsp3) is 0.357. The molecule has 0 aliphatic carbocycles. The van der Waals surface area contributed by atoms with Crippen LogP contribution in [0, 0.1) is 0 Å². The smallest absolute Gasteiger partial charge is 0.330 e. The van der Waals surface area contributed by atoms with E-state index in [2.05, 4.69) is 5.32 Å². The molecule has 1 aromatic rings. The molecule has 1 heterocycles. The average molecular weight is 293 g/mol. The predicted octanol–water partition coefficient (Wildman–Crippen LogP) is 1.58. The number of hydrogen-bond acceptors (Lipinski definition) is 4. The number of amides is 1. The summed E-state index contributed by atoms with van der Waals surface area (Å²) >= 11 is 1.51. The first kappa shape index (κ1) is 14.6. The maximum atomic E-state index is 12.1. The second kappa shape index (κ2) is 5.66. The van der Waals surface area contributed by atoms with Crippen LogP contribution in [0.25, 0.3) is 0 Å². The molecule has 0 saturated carbocycles. The van der Waals surface area contributed by atoms with E-state index in [1.165, 1.54) is 30.8 Å². The lowest BCUT2D eigenvalue weighted by Gasteiger charge is -2.24. The van der Waals surface area contributed by atoms with Gasteiger partial charge in [0.1, 0.15) is 5.54 Å². The first-order chi connectivity index (χ1) is 9.44. The number of thioether (sulfide) groups is 1. The van der Waals surface area contributed by atoms with Crippen molar-refractivity contribution in [2.75, 3.05) is 11.5 Å². The van der Waals surface area contributed by atoms with Crippen LogP contribution in [0.2, 0.25) is 0 Å². The van der Waals surface area contributed by atoms with Crippen molar-refractivity contribution >= 4 is 29.4 Å². The molecule has 2 rings (SSSR count). The lowest BCUT2D eigenvalue weighted by molar-refractivity contribution is -0.143. The lowest BCUT2D eigenvalue weighted by atomic mass is 9.98. The van der Waals surface area contributed by atoms with E-state index in [0.717, 1.165) is 5.75 Å². The van der Waals surface area contributed by atoms with Crippen LogP contribution in [0.4, 0.5) is 0 Å². The van der Waals surface area contributed by atoms with Gasteiger partial charge in [-0.3, -0.25) is 9.59 Å². The predicted molar refractivity (Wildman–Crippen MR) is 76.2 cm³/mol. The maximum absolute atomic E-state index is 12.1. The Kier molecular flexibility index (Phi) is 4.13. The standard InChI is InChI=1S/C14H15NO4S/c1-9(16)10-2-4-11(5-3-10)12(17)15-14(13(18)19)6-7-20-8-14/h2-5H,6-8H2,1H3,(H,15,17)(H,18,19). The number of Topliss-reactive ketones (excluding diaryl/α,β-unsaturated/α-hetero) is 1. The van der Waals surface area contributed by atoms with E-state index in [-0.39, 0.29) is 5.78 Å².